The van der Waals surface area contributed by atoms with E-state index in [2.05, 4.69) is 0 Å². The molecule has 84 valence electrons. The highest BCUT2D eigenvalue weighted by molar-refractivity contribution is 5.26. The van der Waals surface area contributed by atoms with Crippen molar-refractivity contribution in [3.63, 3.8) is 0 Å². The Kier molecular flexibility index (Phi) is 4.28. The van der Waals surface area contributed by atoms with Gasteiger partial charge >= 0.3 is 0 Å². The van der Waals surface area contributed by atoms with E-state index in [4.69, 9.17) is 0 Å². The van der Waals surface area contributed by atoms with Gasteiger partial charge in [0.05, 0.1) is 6.10 Å². The standard InChI is InChI=1S/C13H19FO/c1-9(11(3)15)4-6-12-8-13(14)7-5-10(12)2/h5,7-9,11,15H,4,6H2,1-3H3/t9-,11-/m0/s1. The Bertz CT molecular complexity index is 320. The van der Waals surface area contributed by atoms with E-state index >= 15 is 0 Å². The van der Waals surface area contributed by atoms with Gasteiger partial charge < -0.3 is 5.11 Å². The molecule has 1 rings (SSSR count). The van der Waals surface area contributed by atoms with Gasteiger partial charge in [0.2, 0.25) is 0 Å². The molecule has 0 heterocycles. The molecule has 1 aromatic carbocycles. The van der Waals surface area contributed by atoms with Gasteiger partial charge in [-0.25, -0.2) is 4.39 Å². The fourth-order valence-corrected chi connectivity index (χ4v) is 1.53. The van der Waals surface area contributed by atoms with E-state index in [1.54, 1.807) is 19.1 Å². The molecule has 0 amide bonds. The van der Waals surface area contributed by atoms with Gasteiger partial charge in [-0.3, -0.25) is 0 Å². The van der Waals surface area contributed by atoms with Crippen molar-refractivity contribution in [2.45, 2.75) is 39.7 Å². The quantitative estimate of drug-likeness (QED) is 0.809. The lowest BCUT2D eigenvalue weighted by atomic mass is 9.95. The van der Waals surface area contributed by atoms with Crippen LogP contribution in [0.1, 0.15) is 31.4 Å². The molecule has 0 spiro atoms. The van der Waals surface area contributed by atoms with Gasteiger partial charge in [-0.2, -0.15) is 0 Å². The first-order valence-electron chi connectivity index (χ1n) is 5.44. The summed E-state index contributed by atoms with van der Waals surface area (Å²) in [6.45, 7) is 5.80. The SMILES string of the molecule is Cc1ccc(F)cc1CC[C@H](C)[C@H](C)O. The molecular formula is C13H19FO. The Labute approximate surface area is 90.9 Å². The largest absolute Gasteiger partial charge is 0.393 e. The van der Waals surface area contributed by atoms with Gasteiger partial charge in [0.25, 0.3) is 0 Å². The molecule has 0 saturated carbocycles. The summed E-state index contributed by atoms with van der Waals surface area (Å²) in [5.74, 6) is 0.0768. The zero-order chi connectivity index (χ0) is 11.4. The topological polar surface area (TPSA) is 20.2 Å². The predicted octanol–water partition coefficient (Wildman–Crippen LogP) is 3.08. The van der Waals surface area contributed by atoms with Crippen molar-refractivity contribution in [3.8, 4) is 0 Å². The molecule has 0 aromatic heterocycles. The summed E-state index contributed by atoms with van der Waals surface area (Å²) in [6, 6.07) is 4.87. The minimum atomic E-state index is -0.293. The number of halogens is 1. The summed E-state index contributed by atoms with van der Waals surface area (Å²) < 4.78 is 13.0. The number of hydrogen-bond donors (Lipinski definition) is 1. The zero-order valence-electron chi connectivity index (χ0n) is 9.63. The fraction of sp³-hybridized carbons (Fsp3) is 0.538. The van der Waals surface area contributed by atoms with Crippen LogP contribution in [0.2, 0.25) is 0 Å². The number of benzene rings is 1. The number of aliphatic hydroxyl groups excluding tert-OH is 1. The second kappa shape index (κ2) is 5.26. The molecule has 2 atom stereocenters. The molecule has 2 heteroatoms. The van der Waals surface area contributed by atoms with Crippen molar-refractivity contribution in [1.29, 1.82) is 0 Å². The predicted molar refractivity (Wildman–Crippen MR) is 60.3 cm³/mol. The summed E-state index contributed by atoms with van der Waals surface area (Å²) in [6.07, 6.45) is 1.43. The van der Waals surface area contributed by atoms with Crippen LogP contribution in [0, 0.1) is 18.7 Å². The first kappa shape index (κ1) is 12.2. The maximum absolute atomic E-state index is 13.0. The van der Waals surface area contributed by atoms with Crippen LogP contribution >= 0.6 is 0 Å². The average Bonchev–Trinajstić information content (AvgIpc) is 2.18. The lowest BCUT2D eigenvalue weighted by Gasteiger charge is -2.15. The van der Waals surface area contributed by atoms with Crippen LogP contribution in [-0.2, 0) is 6.42 Å². The third kappa shape index (κ3) is 3.63. The summed E-state index contributed by atoms with van der Waals surface area (Å²) in [5, 5.41) is 9.35. The molecule has 1 aromatic rings. The molecule has 0 saturated heterocycles. The third-order valence-corrected chi connectivity index (χ3v) is 3.00. The van der Waals surface area contributed by atoms with Crippen molar-refractivity contribution < 1.29 is 9.50 Å². The molecule has 0 bridgehead atoms. The van der Waals surface area contributed by atoms with E-state index in [1.165, 1.54) is 6.07 Å². The Morgan fingerprint density at radius 3 is 2.60 bits per heavy atom. The number of hydrogen-bond acceptors (Lipinski definition) is 1. The van der Waals surface area contributed by atoms with Gasteiger partial charge in [-0.1, -0.05) is 13.0 Å². The molecule has 1 nitrogen and oxygen atoms in total. The highest BCUT2D eigenvalue weighted by Crippen LogP contribution is 2.16. The van der Waals surface area contributed by atoms with Crippen molar-refractivity contribution >= 4 is 0 Å². The van der Waals surface area contributed by atoms with Crippen molar-refractivity contribution in [2.75, 3.05) is 0 Å². The van der Waals surface area contributed by atoms with E-state index in [9.17, 15) is 9.50 Å². The Morgan fingerprint density at radius 1 is 1.33 bits per heavy atom. The summed E-state index contributed by atoms with van der Waals surface area (Å²) in [4.78, 5) is 0. The second-order valence-electron chi connectivity index (χ2n) is 4.33. The lowest BCUT2D eigenvalue weighted by molar-refractivity contribution is 0.130. The Hall–Kier alpha value is -0.890. The Morgan fingerprint density at radius 2 is 2.00 bits per heavy atom. The van der Waals surface area contributed by atoms with E-state index in [0.29, 0.717) is 0 Å². The monoisotopic (exact) mass is 210 g/mol. The number of aryl methyl sites for hydroxylation is 2. The van der Waals surface area contributed by atoms with Gasteiger partial charge in [-0.15, -0.1) is 0 Å². The lowest BCUT2D eigenvalue weighted by Crippen LogP contribution is -2.13. The molecule has 0 aliphatic carbocycles. The highest BCUT2D eigenvalue weighted by Gasteiger charge is 2.09. The minimum absolute atomic E-state index is 0.180. The van der Waals surface area contributed by atoms with Gasteiger partial charge in [0.1, 0.15) is 5.82 Å². The fourth-order valence-electron chi connectivity index (χ4n) is 1.53. The van der Waals surface area contributed by atoms with Crippen LogP contribution in [-0.4, -0.2) is 11.2 Å². The zero-order valence-corrected chi connectivity index (χ0v) is 9.63. The van der Waals surface area contributed by atoms with E-state index in [-0.39, 0.29) is 17.8 Å². The van der Waals surface area contributed by atoms with Crippen LogP contribution < -0.4 is 0 Å². The maximum Gasteiger partial charge on any atom is 0.123 e. The summed E-state index contributed by atoms with van der Waals surface area (Å²) in [5.41, 5.74) is 2.16. The number of aliphatic hydroxyl groups is 1. The van der Waals surface area contributed by atoms with Crippen molar-refractivity contribution in [2.24, 2.45) is 5.92 Å². The van der Waals surface area contributed by atoms with Crippen molar-refractivity contribution in [1.82, 2.24) is 0 Å². The third-order valence-electron chi connectivity index (χ3n) is 3.00. The highest BCUT2D eigenvalue weighted by atomic mass is 19.1. The smallest absolute Gasteiger partial charge is 0.123 e. The van der Waals surface area contributed by atoms with E-state index in [0.717, 1.165) is 24.0 Å². The van der Waals surface area contributed by atoms with Gasteiger partial charge in [-0.05, 0) is 55.9 Å². The first-order valence-corrected chi connectivity index (χ1v) is 5.44. The number of rotatable bonds is 4. The average molecular weight is 210 g/mol. The van der Waals surface area contributed by atoms with Gasteiger partial charge in [0, 0.05) is 0 Å². The maximum atomic E-state index is 13.0. The Balaban J connectivity index is 2.61. The molecular weight excluding hydrogens is 191 g/mol. The molecule has 0 fully saturated rings. The van der Waals surface area contributed by atoms with Crippen molar-refractivity contribution in [3.05, 3.63) is 35.1 Å². The van der Waals surface area contributed by atoms with Crippen LogP contribution in [0.15, 0.2) is 18.2 Å². The van der Waals surface area contributed by atoms with E-state index < -0.39 is 0 Å². The molecule has 0 aliphatic rings. The van der Waals surface area contributed by atoms with E-state index in [1.807, 2.05) is 13.8 Å². The molecule has 0 unspecified atom stereocenters. The second-order valence-corrected chi connectivity index (χ2v) is 4.33. The minimum Gasteiger partial charge on any atom is -0.393 e. The molecule has 0 radical (unpaired) electrons. The van der Waals surface area contributed by atoms with Crippen LogP contribution in [0.25, 0.3) is 0 Å². The van der Waals surface area contributed by atoms with Crippen LogP contribution in [0.5, 0.6) is 0 Å². The molecule has 1 N–H and O–H groups in total. The van der Waals surface area contributed by atoms with Crippen LogP contribution in [0.4, 0.5) is 4.39 Å². The first-order chi connectivity index (χ1) is 7.00. The van der Waals surface area contributed by atoms with Crippen LogP contribution in [0.3, 0.4) is 0 Å². The molecule has 15 heavy (non-hydrogen) atoms. The summed E-state index contributed by atoms with van der Waals surface area (Å²) >= 11 is 0. The summed E-state index contributed by atoms with van der Waals surface area (Å²) in [7, 11) is 0. The normalized spacial score (nSPS) is 15.0. The van der Waals surface area contributed by atoms with Gasteiger partial charge in [0.15, 0.2) is 0 Å². The molecule has 0 aliphatic heterocycles.